The summed E-state index contributed by atoms with van der Waals surface area (Å²) in [5, 5.41) is 2.46. The fraction of sp³-hybridized carbons (Fsp3) is 0. The van der Waals surface area contributed by atoms with Gasteiger partial charge in [-0.2, -0.15) is 0 Å². The number of aromatic nitrogens is 2. The molecule has 0 amide bonds. The van der Waals surface area contributed by atoms with E-state index in [4.69, 9.17) is 0 Å². The number of hydrogen-bond donors (Lipinski definition) is 1. The molecule has 0 aliphatic carbocycles. The minimum absolute atomic E-state index is 0.621. The topological polar surface area (TPSA) is 37.8 Å². The highest BCUT2D eigenvalue weighted by Gasteiger charge is 2.01. The molecule has 0 radical (unpaired) electrons. The van der Waals surface area contributed by atoms with Crippen LogP contribution in [-0.2, 0) is 0 Å². The third-order valence-electron chi connectivity index (χ3n) is 2.57. The highest BCUT2D eigenvalue weighted by atomic mass is 32.2. The Labute approximate surface area is 109 Å². The molecule has 1 heterocycles. The SMILES string of the molecule is c1cnc(NSc2cccc3ccccc23)nc1. The summed E-state index contributed by atoms with van der Waals surface area (Å²) in [6, 6.07) is 16.4. The van der Waals surface area contributed by atoms with Crippen molar-refractivity contribution in [3.8, 4) is 0 Å². The fourth-order valence-corrected chi connectivity index (χ4v) is 2.49. The van der Waals surface area contributed by atoms with Crippen LogP contribution in [0.15, 0.2) is 65.8 Å². The van der Waals surface area contributed by atoms with Crippen LogP contribution in [0.25, 0.3) is 10.8 Å². The van der Waals surface area contributed by atoms with Gasteiger partial charge in [-0.1, -0.05) is 36.4 Å². The van der Waals surface area contributed by atoms with E-state index >= 15 is 0 Å². The molecule has 1 aromatic heterocycles. The first-order valence-electron chi connectivity index (χ1n) is 5.61. The number of nitrogens with zero attached hydrogens (tertiary/aromatic N) is 2. The normalized spacial score (nSPS) is 10.4. The molecule has 3 aromatic rings. The van der Waals surface area contributed by atoms with Crippen molar-refractivity contribution in [3.05, 3.63) is 60.9 Å². The molecule has 0 fully saturated rings. The van der Waals surface area contributed by atoms with Gasteiger partial charge in [0.15, 0.2) is 0 Å². The van der Waals surface area contributed by atoms with E-state index in [9.17, 15) is 0 Å². The number of fused-ring (bicyclic) bond motifs is 1. The van der Waals surface area contributed by atoms with Gasteiger partial charge in [-0.25, -0.2) is 9.97 Å². The van der Waals surface area contributed by atoms with Crippen LogP contribution < -0.4 is 4.72 Å². The van der Waals surface area contributed by atoms with Crippen LogP contribution in [0.1, 0.15) is 0 Å². The van der Waals surface area contributed by atoms with Crippen molar-refractivity contribution in [1.29, 1.82) is 0 Å². The van der Waals surface area contributed by atoms with Crippen LogP contribution in [0.2, 0.25) is 0 Å². The lowest BCUT2D eigenvalue weighted by Crippen LogP contribution is -1.92. The molecule has 88 valence electrons. The Balaban J connectivity index is 1.87. The van der Waals surface area contributed by atoms with Crippen LogP contribution in [0, 0.1) is 0 Å². The van der Waals surface area contributed by atoms with Crippen LogP contribution in [0.4, 0.5) is 5.95 Å². The average Bonchev–Trinajstić information content (AvgIpc) is 2.46. The first kappa shape index (κ1) is 11.0. The van der Waals surface area contributed by atoms with E-state index in [1.54, 1.807) is 18.5 Å². The van der Waals surface area contributed by atoms with Crippen LogP contribution in [0.5, 0.6) is 0 Å². The smallest absolute Gasteiger partial charge is 0.233 e. The zero-order chi connectivity index (χ0) is 12.2. The molecule has 3 nitrogen and oxygen atoms in total. The van der Waals surface area contributed by atoms with Crippen molar-refractivity contribution in [2.24, 2.45) is 0 Å². The summed E-state index contributed by atoms with van der Waals surface area (Å²) in [5.74, 6) is 0.621. The van der Waals surface area contributed by atoms with Crippen LogP contribution >= 0.6 is 11.9 Å². The van der Waals surface area contributed by atoms with Gasteiger partial charge in [-0.15, -0.1) is 0 Å². The Morgan fingerprint density at radius 3 is 2.50 bits per heavy atom. The summed E-state index contributed by atoms with van der Waals surface area (Å²) in [4.78, 5) is 9.43. The first-order chi connectivity index (χ1) is 8.93. The quantitative estimate of drug-likeness (QED) is 0.721. The lowest BCUT2D eigenvalue weighted by molar-refractivity contribution is 1.19. The lowest BCUT2D eigenvalue weighted by atomic mass is 10.1. The molecule has 0 bridgehead atoms. The summed E-state index contributed by atoms with van der Waals surface area (Å²) < 4.78 is 3.15. The van der Waals surface area contributed by atoms with E-state index in [1.807, 2.05) is 12.1 Å². The summed E-state index contributed by atoms with van der Waals surface area (Å²) in [6.07, 6.45) is 3.44. The van der Waals surface area contributed by atoms with E-state index in [1.165, 1.54) is 27.6 Å². The molecular weight excluding hydrogens is 242 g/mol. The van der Waals surface area contributed by atoms with Crippen LogP contribution in [0.3, 0.4) is 0 Å². The minimum Gasteiger partial charge on any atom is -0.294 e. The molecule has 0 aliphatic rings. The van der Waals surface area contributed by atoms with E-state index < -0.39 is 0 Å². The van der Waals surface area contributed by atoms with E-state index in [-0.39, 0.29) is 0 Å². The minimum atomic E-state index is 0.621. The number of benzene rings is 2. The molecule has 0 saturated heterocycles. The highest BCUT2D eigenvalue weighted by Crippen LogP contribution is 2.27. The zero-order valence-corrected chi connectivity index (χ0v) is 10.4. The Morgan fingerprint density at radius 2 is 1.61 bits per heavy atom. The Bertz CT molecular complexity index is 650. The molecular formula is C14H11N3S. The number of hydrogen-bond acceptors (Lipinski definition) is 4. The highest BCUT2D eigenvalue weighted by molar-refractivity contribution is 8.00. The van der Waals surface area contributed by atoms with Gasteiger partial charge in [-0.05, 0) is 34.9 Å². The van der Waals surface area contributed by atoms with Gasteiger partial charge >= 0.3 is 0 Å². The third-order valence-corrected chi connectivity index (χ3v) is 3.43. The van der Waals surface area contributed by atoms with Gasteiger partial charge < -0.3 is 0 Å². The monoisotopic (exact) mass is 253 g/mol. The lowest BCUT2D eigenvalue weighted by Gasteiger charge is -2.06. The zero-order valence-electron chi connectivity index (χ0n) is 9.58. The van der Waals surface area contributed by atoms with E-state index in [0.717, 1.165) is 0 Å². The molecule has 0 aliphatic heterocycles. The molecule has 0 spiro atoms. The Morgan fingerprint density at radius 1 is 0.833 bits per heavy atom. The first-order valence-corrected chi connectivity index (χ1v) is 6.43. The number of rotatable bonds is 3. The fourth-order valence-electron chi connectivity index (χ4n) is 1.74. The van der Waals surface area contributed by atoms with Crippen molar-refractivity contribution >= 4 is 28.7 Å². The standard InChI is InChI=1S/C14H11N3S/c1-2-7-12-11(5-1)6-3-8-13(12)18-17-14-15-9-4-10-16-14/h1-10H,(H,15,16,17). The third kappa shape index (κ3) is 2.28. The van der Waals surface area contributed by atoms with Crippen LogP contribution in [-0.4, -0.2) is 9.97 Å². The Kier molecular flexibility index (Phi) is 3.10. The number of nitrogens with one attached hydrogen (secondary N) is 1. The average molecular weight is 253 g/mol. The second-order valence-electron chi connectivity index (χ2n) is 3.75. The molecule has 0 saturated carbocycles. The van der Waals surface area contributed by atoms with Gasteiger partial charge in [-0.3, -0.25) is 4.72 Å². The summed E-state index contributed by atoms with van der Waals surface area (Å²) >= 11 is 1.53. The Hall–Kier alpha value is -2.07. The van der Waals surface area contributed by atoms with Crippen molar-refractivity contribution < 1.29 is 0 Å². The van der Waals surface area contributed by atoms with E-state index in [0.29, 0.717) is 5.95 Å². The maximum Gasteiger partial charge on any atom is 0.233 e. The molecule has 1 N–H and O–H groups in total. The maximum absolute atomic E-state index is 4.13. The molecule has 3 rings (SSSR count). The predicted octanol–water partition coefficient (Wildman–Crippen LogP) is 3.75. The second kappa shape index (κ2) is 5.06. The predicted molar refractivity (Wildman–Crippen MR) is 75.5 cm³/mol. The van der Waals surface area contributed by atoms with Gasteiger partial charge in [0, 0.05) is 17.3 Å². The summed E-state index contributed by atoms with van der Waals surface area (Å²) in [6.45, 7) is 0. The van der Waals surface area contributed by atoms with Crippen molar-refractivity contribution in [2.45, 2.75) is 4.90 Å². The molecule has 0 unspecified atom stereocenters. The van der Waals surface area contributed by atoms with Gasteiger partial charge in [0.2, 0.25) is 5.95 Å². The van der Waals surface area contributed by atoms with Gasteiger partial charge in [0.05, 0.1) is 0 Å². The van der Waals surface area contributed by atoms with Gasteiger partial charge in [0.1, 0.15) is 0 Å². The number of anilines is 1. The van der Waals surface area contributed by atoms with Crippen molar-refractivity contribution in [2.75, 3.05) is 4.72 Å². The summed E-state index contributed by atoms with van der Waals surface area (Å²) in [5.41, 5.74) is 0. The van der Waals surface area contributed by atoms with Gasteiger partial charge in [0.25, 0.3) is 0 Å². The molecule has 0 atom stereocenters. The van der Waals surface area contributed by atoms with Crippen molar-refractivity contribution in [3.63, 3.8) is 0 Å². The second-order valence-corrected chi connectivity index (χ2v) is 4.60. The van der Waals surface area contributed by atoms with Crippen molar-refractivity contribution in [1.82, 2.24) is 9.97 Å². The largest absolute Gasteiger partial charge is 0.294 e. The maximum atomic E-state index is 4.13. The van der Waals surface area contributed by atoms with E-state index in [2.05, 4.69) is 45.0 Å². The summed E-state index contributed by atoms with van der Waals surface area (Å²) in [7, 11) is 0. The molecule has 2 aromatic carbocycles. The molecule has 18 heavy (non-hydrogen) atoms. The molecule has 4 heteroatoms.